The lowest BCUT2D eigenvalue weighted by Gasteiger charge is -2.24. The molecule has 3 rings (SSSR count). The van der Waals surface area contributed by atoms with Crippen molar-refractivity contribution in [3.8, 4) is 0 Å². The average molecular weight is 250 g/mol. The number of esters is 1. The maximum atomic E-state index is 12.0. The molecule has 2 bridgehead atoms. The zero-order valence-electron chi connectivity index (χ0n) is 11.1. The van der Waals surface area contributed by atoms with Gasteiger partial charge >= 0.3 is 5.97 Å². The summed E-state index contributed by atoms with van der Waals surface area (Å²) in [6.07, 6.45) is 11.1. The molecule has 0 aromatic rings. The minimum Gasteiger partial charge on any atom is -0.438 e. The fraction of sp³-hybridized carbons (Fsp3) is 0.800. The monoisotopic (exact) mass is 250 g/mol. The van der Waals surface area contributed by atoms with Crippen LogP contribution < -0.4 is 0 Å². The van der Waals surface area contributed by atoms with Crippen LogP contribution in [0.1, 0.15) is 45.4 Å². The standard InChI is InChI=1S/C15H22O3/c1-15(6-2-3-7-15)18-10-17-14(16)13-9-11-4-5-12(13)8-11/h4-5,11-13H,2-3,6-10H2,1H3. The first kappa shape index (κ1) is 12.2. The Balaban J connectivity index is 1.43. The van der Waals surface area contributed by atoms with Crippen molar-refractivity contribution in [2.24, 2.45) is 17.8 Å². The van der Waals surface area contributed by atoms with E-state index >= 15 is 0 Å². The predicted octanol–water partition coefficient (Wildman–Crippen LogP) is 3.05. The van der Waals surface area contributed by atoms with Crippen LogP contribution >= 0.6 is 0 Å². The summed E-state index contributed by atoms with van der Waals surface area (Å²) in [4.78, 5) is 12.0. The molecule has 3 unspecified atom stereocenters. The van der Waals surface area contributed by atoms with E-state index in [0.717, 1.165) is 25.7 Å². The molecule has 0 radical (unpaired) electrons. The van der Waals surface area contributed by atoms with E-state index < -0.39 is 0 Å². The van der Waals surface area contributed by atoms with Gasteiger partial charge in [0.25, 0.3) is 0 Å². The highest BCUT2D eigenvalue weighted by molar-refractivity contribution is 5.74. The van der Waals surface area contributed by atoms with Gasteiger partial charge in [-0.3, -0.25) is 4.79 Å². The highest BCUT2D eigenvalue weighted by Gasteiger charge is 2.41. The van der Waals surface area contributed by atoms with Crippen molar-refractivity contribution >= 4 is 5.97 Å². The summed E-state index contributed by atoms with van der Waals surface area (Å²) in [7, 11) is 0. The second-order valence-electron chi connectivity index (χ2n) is 6.27. The molecule has 3 atom stereocenters. The first-order valence-electron chi connectivity index (χ1n) is 7.15. The van der Waals surface area contributed by atoms with Crippen molar-refractivity contribution in [2.45, 2.75) is 51.0 Å². The van der Waals surface area contributed by atoms with Crippen LogP contribution in [0.2, 0.25) is 0 Å². The Morgan fingerprint density at radius 2 is 2.06 bits per heavy atom. The van der Waals surface area contributed by atoms with E-state index in [4.69, 9.17) is 9.47 Å². The van der Waals surface area contributed by atoms with Crippen LogP contribution in [0, 0.1) is 17.8 Å². The number of carbonyl (C=O) groups excluding carboxylic acids is 1. The number of ether oxygens (including phenoxy) is 2. The van der Waals surface area contributed by atoms with Gasteiger partial charge in [0.15, 0.2) is 6.79 Å². The molecule has 0 spiro atoms. The van der Waals surface area contributed by atoms with Gasteiger partial charge in [-0.05, 0) is 44.4 Å². The van der Waals surface area contributed by atoms with Crippen LogP contribution in [0.4, 0.5) is 0 Å². The third-order valence-electron chi connectivity index (χ3n) is 4.85. The number of fused-ring (bicyclic) bond motifs is 2. The summed E-state index contributed by atoms with van der Waals surface area (Å²) in [6, 6.07) is 0. The second kappa shape index (κ2) is 4.69. The lowest BCUT2D eigenvalue weighted by Crippen LogP contribution is -2.29. The minimum atomic E-state index is -0.0616. The molecule has 3 heteroatoms. The Morgan fingerprint density at radius 1 is 1.28 bits per heavy atom. The number of hydrogen-bond donors (Lipinski definition) is 0. The van der Waals surface area contributed by atoms with Crippen LogP contribution in [0.3, 0.4) is 0 Å². The fourth-order valence-corrected chi connectivity index (χ4v) is 3.66. The van der Waals surface area contributed by atoms with E-state index in [1.807, 2.05) is 0 Å². The Labute approximate surface area is 109 Å². The third-order valence-corrected chi connectivity index (χ3v) is 4.85. The zero-order valence-corrected chi connectivity index (χ0v) is 11.1. The summed E-state index contributed by atoms with van der Waals surface area (Å²) in [5, 5.41) is 0. The normalized spacial score (nSPS) is 36.2. The average Bonchev–Trinajstić information content (AvgIpc) is 3.04. The molecule has 0 N–H and O–H groups in total. The Kier molecular flexibility index (Phi) is 3.18. The van der Waals surface area contributed by atoms with Gasteiger partial charge in [-0.25, -0.2) is 0 Å². The van der Waals surface area contributed by atoms with E-state index in [1.54, 1.807) is 0 Å². The van der Waals surface area contributed by atoms with Gasteiger partial charge in [-0.1, -0.05) is 25.0 Å². The van der Waals surface area contributed by atoms with Crippen molar-refractivity contribution < 1.29 is 14.3 Å². The van der Waals surface area contributed by atoms with Crippen LogP contribution in [0.5, 0.6) is 0 Å². The molecule has 2 saturated carbocycles. The smallest absolute Gasteiger partial charge is 0.311 e. The fourth-order valence-electron chi connectivity index (χ4n) is 3.66. The van der Waals surface area contributed by atoms with Crippen molar-refractivity contribution in [3.63, 3.8) is 0 Å². The van der Waals surface area contributed by atoms with E-state index in [0.29, 0.717) is 11.8 Å². The first-order valence-corrected chi connectivity index (χ1v) is 7.15. The lowest BCUT2D eigenvalue weighted by atomic mass is 9.94. The van der Waals surface area contributed by atoms with E-state index in [-0.39, 0.29) is 24.3 Å². The van der Waals surface area contributed by atoms with Gasteiger partial charge in [-0.2, -0.15) is 0 Å². The number of allylic oxidation sites excluding steroid dienone is 2. The van der Waals surface area contributed by atoms with E-state index in [9.17, 15) is 4.79 Å². The maximum absolute atomic E-state index is 12.0. The van der Waals surface area contributed by atoms with E-state index in [2.05, 4.69) is 19.1 Å². The number of rotatable bonds is 4. The zero-order chi connectivity index (χ0) is 12.6. The van der Waals surface area contributed by atoms with Crippen LogP contribution in [0.25, 0.3) is 0 Å². The van der Waals surface area contributed by atoms with Gasteiger partial charge in [0, 0.05) is 0 Å². The minimum absolute atomic E-state index is 0.0607. The molecule has 100 valence electrons. The van der Waals surface area contributed by atoms with Crippen molar-refractivity contribution in [2.75, 3.05) is 6.79 Å². The third kappa shape index (κ3) is 2.33. The molecule has 2 fully saturated rings. The van der Waals surface area contributed by atoms with Crippen LogP contribution in [-0.4, -0.2) is 18.4 Å². The maximum Gasteiger partial charge on any atom is 0.311 e. The Hall–Kier alpha value is -0.830. The van der Waals surface area contributed by atoms with Gasteiger partial charge in [-0.15, -0.1) is 0 Å². The largest absolute Gasteiger partial charge is 0.438 e. The number of carbonyl (C=O) groups is 1. The number of hydrogen-bond acceptors (Lipinski definition) is 3. The molecule has 0 aliphatic heterocycles. The van der Waals surface area contributed by atoms with Gasteiger partial charge in [0.1, 0.15) is 0 Å². The van der Waals surface area contributed by atoms with Gasteiger partial charge in [0.05, 0.1) is 11.5 Å². The van der Waals surface area contributed by atoms with E-state index in [1.165, 1.54) is 12.8 Å². The molecule has 3 aliphatic rings. The molecular formula is C15H22O3. The summed E-state index contributed by atoms with van der Waals surface area (Å²) in [6.45, 7) is 2.25. The molecule has 0 saturated heterocycles. The first-order chi connectivity index (χ1) is 8.66. The quantitative estimate of drug-likeness (QED) is 0.437. The van der Waals surface area contributed by atoms with Crippen molar-refractivity contribution in [1.29, 1.82) is 0 Å². The molecule has 0 aromatic carbocycles. The summed E-state index contributed by atoms with van der Waals surface area (Å²) in [5.41, 5.74) is -0.0607. The molecular weight excluding hydrogens is 228 g/mol. The molecule has 0 aromatic heterocycles. The summed E-state index contributed by atoms with van der Waals surface area (Å²) < 4.78 is 11.1. The molecule has 18 heavy (non-hydrogen) atoms. The second-order valence-corrected chi connectivity index (χ2v) is 6.27. The highest BCUT2D eigenvalue weighted by atomic mass is 16.7. The van der Waals surface area contributed by atoms with Gasteiger partial charge < -0.3 is 9.47 Å². The summed E-state index contributed by atoms with van der Waals surface area (Å²) >= 11 is 0. The topological polar surface area (TPSA) is 35.5 Å². The Morgan fingerprint density at radius 3 is 2.67 bits per heavy atom. The van der Waals surface area contributed by atoms with Gasteiger partial charge in [0.2, 0.25) is 0 Å². The van der Waals surface area contributed by atoms with Crippen molar-refractivity contribution in [3.05, 3.63) is 12.2 Å². The molecule has 0 amide bonds. The predicted molar refractivity (Wildman–Crippen MR) is 67.8 cm³/mol. The summed E-state index contributed by atoms with van der Waals surface area (Å²) in [5.74, 6) is 1.05. The lowest BCUT2D eigenvalue weighted by molar-refractivity contribution is -0.175. The van der Waals surface area contributed by atoms with Crippen molar-refractivity contribution in [1.82, 2.24) is 0 Å². The molecule has 3 aliphatic carbocycles. The Bertz CT molecular complexity index is 355. The highest BCUT2D eigenvalue weighted by Crippen LogP contribution is 2.44. The SMILES string of the molecule is CC1(OCOC(=O)C2CC3C=CC2C3)CCCC1. The van der Waals surface area contributed by atoms with Crippen LogP contribution in [0.15, 0.2) is 12.2 Å². The molecule has 0 heterocycles. The van der Waals surface area contributed by atoms with Crippen LogP contribution in [-0.2, 0) is 14.3 Å². The molecule has 3 nitrogen and oxygen atoms in total.